The van der Waals surface area contributed by atoms with Gasteiger partial charge in [-0.1, -0.05) is 12.1 Å². The Morgan fingerprint density at radius 2 is 1.97 bits per heavy atom. The van der Waals surface area contributed by atoms with Crippen LogP contribution in [0.5, 0.6) is 0 Å². The minimum Gasteiger partial charge on any atom is -0.376 e. The molecule has 4 rings (SSSR count). The normalized spacial score (nSPS) is 18.2. The summed E-state index contributed by atoms with van der Waals surface area (Å²) < 4.78 is 18.7. The predicted molar refractivity (Wildman–Crippen MR) is 103 cm³/mol. The molecule has 0 spiro atoms. The van der Waals surface area contributed by atoms with Gasteiger partial charge in [0.1, 0.15) is 5.82 Å². The number of imide groups is 1. The van der Waals surface area contributed by atoms with Gasteiger partial charge in [0.15, 0.2) is 0 Å². The van der Waals surface area contributed by atoms with Crippen LogP contribution in [0, 0.1) is 5.82 Å². The molecule has 2 aromatic carbocycles. The summed E-state index contributed by atoms with van der Waals surface area (Å²) in [7, 11) is 0. The fourth-order valence-corrected chi connectivity index (χ4v) is 3.70. The molecule has 6 nitrogen and oxygen atoms in total. The zero-order valence-electron chi connectivity index (χ0n) is 15.8. The van der Waals surface area contributed by atoms with Gasteiger partial charge in [-0.15, -0.1) is 0 Å². The molecule has 0 saturated carbocycles. The molecule has 7 heteroatoms. The Labute approximate surface area is 167 Å². The first kappa shape index (κ1) is 19.3. The van der Waals surface area contributed by atoms with E-state index in [1.54, 1.807) is 12.1 Å². The van der Waals surface area contributed by atoms with Crippen LogP contribution in [-0.4, -0.2) is 48.4 Å². The maximum Gasteiger partial charge on any atom is 0.261 e. The van der Waals surface area contributed by atoms with E-state index in [2.05, 4.69) is 5.32 Å². The van der Waals surface area contributed by atoms with Crippen molar-refractivity contribution in [3.63, 3.8) is 0 Å². The lowest BCUT2D eigenvalue weighted by Crippen LogP contribution is -2.36. The molecule has 2 heterocycles. The van der Waals surface area contributed by atoms with Crippen LogP contribution in [0.1, 0.15) is 49.5 Å². The smallest absolute Gasteiger partial charge is 0.261 e. The quantitative estimate of drug-likeness (QED) is 0.762. The van der Waals surface area contributed by atoms with E-state index >= 15 is 0 Å². The lowest BCUT2D eigenvalue weighted by atomic mass is 10.1. The van der Waals surface area contributed by atoms with E-state index < -0.39 is 5.91 Å². The monoisotopic (exact) mass is 396 g/mol. The Kier molecular flexibility index (Phi) is 5.40. The van der Waals surface area contributed by atoms with Gasteiger partial charge in [-0.25, -0.2) is 4.39 Å². The zero-order chi connectivity index (χ0) is 20.4. The SMILES string of the molecule is O=C(NCCc1cccc(F)c1)c1ccc2c(c1)C(=O)N(CC1CCCO1)C2=O. The lowest BCUT2D eigenvalue weighted by Gasteiger charge is -2.17. The Hall–Kier alpha value is -3.06. The van der Waals surface area contributed by atoms with Crippen molar-refractivity contribution in [2.24, 2.45) is 0 Å². The summed E-state index contributed by atoms with van der Waals surface area (Å²) in [5.74, 6) is -1.40. The summed E-state index contributed by atoms with van der Waals surface area (Å²) in [6, 6.07) is 10.7. The van der Waals surface area contributed by atoms with Gasteiger partial charge < -0.3 is 10.1 Å². The number of carbonyl (C=O) groups is 3. The summed E-state index contributed by atoms with van der Waals surface area (Å²) in [6.07, 6.45) is 2.11. The molecule has 2 aliphatic heterocycles. The second kappa shape index (κ2) is 8.13. The zero-order valence-corrected chi connectivity index (χ0v) is 15.8. The van der Waals surface area contributed by atoms with Crippen molar-refractivity contribution in [2.75, 3.05) is 19.7 Å². The number of fused-ring (bicyclic) bond motifs is 1. The number of rotatable bonds is 6. The summed E-state index contributed by atoms with van der Waals surface area (Å²) in [5, 5.41) is 2.76. The van der Waals surface area contributed by atoms with Gasteiger partial charge in [-0.3, -0.25) is 19.3 Å². The Morgan fingerprint density at radius 1 is 1.14 bits per heavy atom. The van der Waals surface area contributed by atoms with Gasteiger partial charge in [-0.05, 0) is 55.2 Å². The molecule has 0 aromatic heterocycles. The van der Waals surface area contributed by atoms with Crippen LogP contribution in [0.2, 0.25) is 0 Å². The summed E-state index contributed by atoms with van der Waals surface area (Å²) in [6.45, 7) is 1.21. The molecule has 1 N–H and O–H groups in total. The van der Waals surface area contributed by atoms with Gasteiger partial charge in [0.2, 0.25) is 0 Å². The summed E-state index contributed by atoms with van der Waals surface area (Å²) in [5.41, 5.74) is 1.64. The highest BCUT2D eigenvalue weighted by atomic mass is 19.1. The molecule has 2 aromatic rings. The van der Waals surface area contributed by atoms with Gasteiger partial charge in [0.05, 0.1) is 23.8 Å². The molecule has 0 radical (unpaired) electrons. The van der Waals surface area contributed by atoms with Crippen molar-refractivity contribution >= 4 is 17.7 Å². The Morgan fingerprint density at radius 3 is 2.72 bits per heavy atom. The van der Waals surface area contributed by atoms with Crippen molar-refractivity contribution in [1.29, 1.82) is 0 Å². The fraction of sp³-hybridized carbons (Fsp3) is 0.318. The molecule has 0 aliphatic carbocycles. The van der Waals surface area contributed by atoms with E-state index in [9.17, 15) is 18.8 Å². The van der Waals surface area contributed by atoms with E-state index in [-0.39, 0.29) is 35.8 Å². The van der Waals surface area contributed by atoms with Crippen LogP contribution in [0.4, 0.5) is 4.39 Å². The van der Waals surface area contributed by atoms with Crippen LogP contribution in [-0.2, 0) is 11.2 Å². The maximum atomic E-state index is 13.2. The van der Waals surface area contributed by atoms with Gasteiger partial charge >= 0.3 is 0 Å². The third-order valence-electron chi connectivity index (χ3n) is 5.23. The number of benzene rings is 2. The lowest BCUT2D eigenvalue weighted by molar-refractivity contribution is 0.0475. The van der Waals surface area contributed by atoms with Crippen LogP contribution in [0.3, 0.4) is 0 Å². The van der Waals surface area contributed by atoms with E-state index in [4.69, 9.17) is 4.74 Å². The molecule has 1 atom stereocenters. The van der Waals surface area contributed by atoms with Crippen molar-refractivity contribution < 1.29 is 23.5 Å². The van der Waals surface area contributed by atoms with E-state index in [0.717, 1.165) is 18.4 Å². The molecule has 0 bridgehead atoms. The molecular formula is C22H21FN2O4. The maximum absolute atomic E-state index is 13.2. The highest BCUT2D eigenvalue weighted by molar-refractivity contribution is 6.22. The molecule has 3 amide bonds. The number of nitrogens with zero attached hydrogens (tertiary/aromatic N) is 1. The molecule has 1 unspecified atom stereocenters. The molecule has 1 saturated heterocycles. The molecule has 29 heavy (non-hydrogen) atoms. The molecular weight excluding hydrogens is 375 g/mol. The van der Waals surface area contributed by atoms with E-state index in [1.807, 2.05) is 0 Å². The average Bonchev–Trinajstić information content (AvgIpc) is 3.31. The number of ether oxygens (including phenoxy) is 1. The third kappa shape index (κ3) is 4.05. The molecule has 2 aliphatic rings. The highest BCUT2D eigenvalue weighted by Gasteiger charge is 2.37. The Bertz CT molecular complexity index is 969. The average molecular weight is 396 g/mol. The van der Waals surface area contributed by atoms with Crippen molar-refractivity contribution in [1.82, 2.24) is 10.2 Å². The van der Waals surface area contributed by atoms with Crippen molar-refractivity contribution in [2.45, 2.75) is 25.4 Å². The van der Waals surface area contributed by atoms with Gasteiger partial charge in [0.25, 0.3) is 17.7 Å². The molecule has 1 fully saturated rings. The van der Waals surface area contributed by atoms with Crippen LogP contribution < -0.4 is 5.32 Å². The minimum absolute atomic E-state index is 0.122. The van der Waals surface area contributed by atoms with Gasteiger partial charge in [-0.2, -0.15) is 0 Å². The number of hydrogen-bond donors (Lipinski definition) is 1. The summed E-state index contributed by atoms with van der Waals surface area (Å²) in [4.78, 5) is 38.9. The van der Waals surface area contributed by atoms with E-state index in [1.165, 1.54) is 35.2 Å². The number of carbonyl (C=O) groups excluding carboxylic acids is 3. The van der Waals surface area contributed by atoms with Gasteiger partial charge in [0, 0.05) is 18.7 Å². The number of nitrogens with one attached hydrogen (secondary N) is 1. The minimum atomic E-state index is -0.394. The first-order valence-corrected chi connectivity index (χ1v) is 9.67. The topological polar surface area (TPSA) is 75.7 Å². The number of halogens is 1. The number of amides is 3. The highest BCUT2D eigenvalue weighted by Crippen LogP contribution is 2.26. The second-order valence-electron chi connectivity index (χ2n) is 7.25. The fourth-order valence-electron chi connectivity index (χ4n) is 3.70. The largest absolute Gasteiger partial charge is 0.376 e. The van der Waals surface area contributed by atoms with Crippen LogP contribution >= 0.6 is 0 Å². The standard InChI is InChI=1S/C22H21FN2O4/c23-16-4-1-3-14(11-16)8-9-24-20(26)15-6-7-18-19(12-15)22(28)25(21(18)27)13-17-5-2-10-29-17/h1,3-4,6-7,11-12,17H,2,5,8-10,13H2,(H,24,26). The first-order valence-electron chi connectivity index (χ1n) is 9.67. The number of hydrogen-bond acceptors (Lipinski definition) is 4. The van der Waals surface area contributed by atoms with E-state index in [0.29, 0.717) is 30.7 Å². The van der Waals surface area contributed by atoms with Crippen molar-refractivity contribution in [3.8, 4) is 0 Å². The third-order valence-corrected chi connectivity index (χ3v) is 5.23. The Balaban J connectivity index is 1.40. The first-order chi connectivity index (χ1) is 14.0. The van der Waals surface area contributed by atoms with Crippen LogP contribution in [0.15, 0.2) is 42.5 Å². The second-order valence-corrected chi connectivity index (χ2v) is 7.25. The van der Waals surface area contributed by atoms with Crippen LogP contribution in [0.25, 0.3) is 0 Å². The predicted octanol–water partition coefficient (Wildman–Crippen LogP) is 2.57. The summed E-state index contributed by atoms with van der Waals surface area (Å²) >= 11 is 0. The molecule has 150 valence electrons. The van der Waals surface area contributed by atoms with Crippen molar-refractivity contribution in [3.05, 3.63) is 70.5 Å².